The molecular formula is C57H38N4. The molecule has 2 aromatic heterocycles. The molecule has 0 atom stereocenters. The van der Waals surface area contributed by atoms with Crippen molar-refractivity contribution in [1.82, 2.24) is 19.5 Å². The van der Waals surface area contributed by atoms with E-state index in [-0.39, 0.29) is 0 Å². The van der Waals surface area contributed by atoms with Gasteiger partial charge in [-0.25, -0.2) is 15.0 Å². The number of rotatable bonds is 8. The Morgan fingerprint density at radius 2 is 0.689 bits per heavy atom. The molecule has 4 heteroatoms. The Hall–Kier alpha value is -8.21. The molecule has 4 nitrogen and oxygen atoms in total. The third-order valence-electron chi connectivity index (χ3n) is 11.5. The minimum Gasteiger partial charge on any atom is -0.309 e. The second kappa shape index (κ2) is 15.5. The minimum atomic E-state index is 0.627. The van der Waals surface area contributed by atoms with Gasteiger partial charge in [-0.15, -0.1) is 0 Å². The van der Waals surface area contributed by atoms with E-state index in [4.69, 9.17) is 15.0 Å². The fourth-order valence-electron chi connectivity index (χ4n) is 8.52. The number of hydrogen-bond acceptors (Lipinski definition) is 3. The summed E-state index contributed by atoms with van der Waals surface area (Å²) in [5.74, 6) is 1.90. The Labute approximate surface area is 354 Å². The average Bonchev–Trinajstić information content (AvgIpc) is 3.70. The lowest BCUT2D eigenvalue weighted by atomic mass is 9.93. The summed E-state index contributed by atoms with van der Waals surface area (Å²) in [5, 5.41) is 2.22. The maximum Gasteiger partial charge on any atom is 0.164 e. The van der Waals surface area contributed by atoms with Crippen LogP contribution in [0.15, 0.2) is 231 Å². The highest BCUT2D eigenvalue weighted by Crippen LogP contribution is 2.44. The second-order valence-electron chi connectivity index (χ2n) is 15.2. The Balaban J connectivity index is 1.10. The molecule has 0 spiro atoms. The van der Waals surface area contributed by atoms with E-state index >= 15 is 0 Å². The molecule has 0 unspecified atom stereocenters. The highest BCUT2D eigenvalue weighted by atomic mass is 15.0. The van der Waals surface area contributed by atoms with E-state index in [2.05, 4.69) is 199 Å². The van der Waals surface area contributed by atoms with Gasteiger partial charge in [0.15, 0.2) is 17.5 Å². The third-order valence-corrected chi connectivity index (χ3v) is 11.5. The quantitative estimate of drug-likeness (QED) is 0.154. The zero-order valence-electron chi connectivity index (χ0n) is 33.2. The monoisotopic (exact) mass is 778 g/mol. The Bertz CT molecular complexity index is 3260. The van der Waals surface area contributed by atoms with E-state index in [0.29, 0.717) is 17.5 Å². The standard InChI is InChI=1S/C57H38N4/c1-5-17-39(18-6-1)40-31-33-41(34-32-40)44-23-15-24-45(37-44)46-25-16-26-47(38-46)49-35-36-51(53-50-29-13-14-30-52(50)61(54(49)53)48-27-11-4-12-28-48)57-59-55(42-19-7-2-8-20-42)58-56(60-57)43-21-9-3-10-22-43/h1-38H. The number of para-hydroxylation sites is 2. The summed E-state index contributed by atoms with van der Waals surface area (Å²) < 4.78 is 2.40. The normalized spacial score (nSPS) is 11.3. The average molecular weight is 779 g/mol. The molecule has 0 radical (unpaired) electrons. The zero-order valence-corrected chi connectivity index (χ0v) is 33.2. The first kappa shape index (κ1) is 35.9. The predicted molar refractivity (Wildman–Crippen MR) is 252 cm³/mol. The van der Waals surface area contributed by atoms with Crippen molar-refractivity contribution < 1.29 is 0 Å². The SMILES string of the molecule is c1ccc(-c2ccc(-c3cccc(-c4cccc(-c5ccc(-c6nc(-c7ccccc7)nc(-c7ccccc7)n6)c6c7ccccc7n(-c7ccccc7)c56)c4)c3)cc2)cc1. The van der Waals surface area contributed by atoms with Crippen LogP contribution < -0.4 is 0 Å². The summed E-state index contributed by atoms with van der Waals surface area (Å²) in [6.45, 7) is 0. The highest BCUT2D eigenvalue weighted by molar-refractivity contribution is 6.19. The largest absolute Gasteiger partial charge is 0.309 e. The van der Waals surface area contributed by atoms with Gasteiger partial charge in [0.25, 0.3) is 0 Å². The van der Waals surface area contributed by atoms with E-state index in [1.807, 2.05) is 36.4 Å². The van der Waals surface area contributed by atoms with E-state index in [9.17, 15) is 0 Å². The van der Waals surface area contributed by atoms with Gasteiger partial charge in [-0.3, -0.25) is 0 Å². The van der Waals surface area contributed by atoms with Crippen LogP contribution in [0.4, 0.5) is 0 Å². The molecule has 0 saturated heterocycles. The molecule has 0 bridgehead atoms. The Kier molecular flexibility index (Phi) is 9.14. The van der Waals surface area contributed by atoms with Crippen LogP contribution in [0.25, 0.3) is 106 Å². The molecule has 0 aliphatic rings. The van der Waals surface area contributed by atoms with Crippen LogP contribution in [0.2, 0.25) is 0 Å². The topological polar surface area (TPSA) is 43.6 Å². The lowest BCUT2D eigenvalue weighted by Gasteiger charge is -2.15. The number of hydrogen-bond donors (Lipinski definition) is 0. The van der Waals surface area contributed by atoms with Crippen molar-refractivity contribution in [2.75, 3.05) is 0 Å². The van der Waals surface area contributed by atoms with Crippen LogP contribution in [0.5, 0.6) is 0 Å². The van der Waals surface area contributed by atoms with Crippen molar-refractivity contribution in [3.8, 4) is 84.4 Å². The second-order valence-corrected chi connectivity index (χ2v) is 15.2. The van der Waals surface area contributed by atoms with E-state index in [0.717, 1.165) is 66.4 Å². The predicted octanol–water partition coefficient (Wildman–Crippen LogP) is 14.6. The number of nitrogens with zero attached hydrogens (tertiary/aromatic N) is 4. The third kappa shape index (κ3) is 6.76. The van der Waals surface area contributed by atoms with Crippen LogP contribution in [0.1, 0.15) is 0 Å². The van der Waals surface area contributed by atoms with Crippen LogP contribution in [0, 0.1) is 0 Å². The summed E-state index contributed by atoms with van der Waals surface area (Å²) >= 11 is 0. The molecule has 61 heavy (non-hydrogen) atoms. The van der Waals surface area contributed by atoms with Crippen molar-refractivity contribution in [2.24, 2.45) is 0 Å². The molecule has 2 heterocycles. The van der Waals surface area contributed by atoms with Gasteiger partial charge >= 0.3 is 0 Å². The summed E-state index contributed by atoms with van der Waals surface area (Å²) in [4.78, 5) is 15.4. The van der Waals surface area contributed by atoms with Crippen molar-refractivity contribution in [2.45, 2.75) is 0 Å². The number of aromatic nitrogens is 4. The van der Waals surface area contributed by atoms with Gasteiger partial charge in [0.2, 0.25) is 0 Å². The van der Waals surface area contributed by atoms with Gasteiger partial charge < -0.3 is 4.57 Å². The van der Waals surface area contributed by atoms with Crippen LogP contribution in [-0.2, 0) is 0 Å². The molecule has 0 N–H and O–H groups in total. The molecule has 0 aliphatic heterocycles. The van der Waals surface area contributed by atoms with Gasteiger partial charge in [-0.1, -0.05) is 194 Å². The molecule has 0 fully saturated rings. The van der Waals surface area contributed by atoms with Gasteiger partial charge in [0, 0.05) is 38.7 Å². The first-order valence-corrected chi connectivity index (χ1v) is 20.6. The van der Waals surface area contributed by atoms with Crippen molar-refractivity contribution in [3.05, 3.63) is 231 Å². The van der Waals surface area contributed by atoms with E-state index in [1.165, 1.54) is 22.3 Å². The van der Waals surface area contributed by atoms with Crippen molar-refractivity contribution in [3.63, 3.8) is 0 Å². The van der Waals surface area contributed by atoms with E-state index in [1.54, 1.807) is 0 Å². The van der Waals surface area contributed by atoms with Crippen LogP contribution in [0.3, 0.4) is 0 Å². The maximum absolute atomic E-state index is 5.22. The fourth-order valence-corrected chi connectivity index (χ4v) is 8.52. The van der Waals surface area contributed by atoms with E-state index < -0.39 is 0 Å². The lowest BCUT2D eigenvalue weighted by Crippen LogP contribution is -2.01. The maximum atomic E-state index is 5.22. The molecular weight excluding hydrogens is 741 g/mol. The minimum absolute atomic E-state index is 0.627. The van der Waals surface area contributed by atoms with Crippen LogP contribution in [-0.4, -0.2) is 19.5 Å². The molecule has 0 saturated carbocycles. The van der Waals surface area contributed by atoms with Gasteiger partial charge in [0.1, 0.15) is 0 Å². The molecule has 11 aromatic rings. The smallest absolute Gasteiger partial charge is 0.164 e. The van der Waals surface area contributed by atoms with Crippen LogP contribution >= 0.6 is 0 Å². The molecule has 0 amide bonds. The van der Waals surface area contributed by atoms with Gasteiger partial charge in [-0.2, -0.15) is 0 Å². The summed E-state index contributed by atoms with van der Waals surface area (Å²) in [7, 11) is 0. The Morgan fingerprint density at radius 1 is 0.279 bits per heavy atom. The molecule has 0 aliphatic carbocycles. The summed E-state index contributed by atoms with van der Waals surface area (Å²) in [6, 6.07) is 81.2. The zero-order chi connectivity index (χ0) is 40.5. The highest BCUT2D eigenvalue weighted by Gasteiger charge is 2.23. The number of benzene rings is 9. The first-order chi connectivity index (χ1) is 30.2. The molecule has 11 rings (SSSR count). The molecule has 9 aromatic carbocycles. The fraction of sp³-hybridized carbons (Fsp3) is 0. The lowest BCUT2D eigenvalue weighted by molar-refractivity contribution is 1.08. The first-order valence-electron chi connectivity index (χ1n) is 20.6. The summed E-state index contributed by atoms with van der Waals surface area (Å²) in [6.07, 6.45) is 0. The van der Waals surface area contributed by atoms with Gasteiger partial charge in [-0.05, 0) is 75.3 Å². The Morgan fingerprint density at radius 3 is 1.30 bits per heavy atom. The summed E-state index contributed by atoms with van der Waals surface area (Å²) in [5.41, 5.74) is 15.5. The van der Waals surface area contributed by atoms with Crippen molar-refractivity contribution in [1.29, 1.82) is 0 Å². The van der Waals surface area contributed by atoms with Gasteiger partial charge in [0.05, 0.1) is 11.0 Å². The van der Waals surface area contributed by atoms with Crippen molar-refractivity contribution >= 4 is 21.8 Å². The molecule has 286 valence electrons. The number of fused-ring (bicyclic) bond motifs is 3.